The first kappa shape index (κ1) is 23.6. The van der Waals surface area contributed by atoms with Gasteiger partial charge in [-0.1, -0.05) is 29.7 Å². The zero-order valence-electron chi connectivity index (χ0n) is 17.7. The van der Waals surface area contributed by atoms with E-state index in [1.54, 1.807) is 10.9 Å². The lowest BCUT2D eigenvalue weighted by molar-refractivity contribution is -0.0891. The predicted molar refractivity (Wildman–Crippen MR) is 118 cm³/mol. The molecule has 1 aromatic heterocycles. The van der Waals surface area contributed by atoms with Crippen LogP contribution in [-0.2, 0) is 26.9 Å². The van der Waals surface area contributed by atoms with E-state index in [-0.39, 0.29) is 17.6 Å². The number of sulfonamides is 1. The maximum absolute atomic E-state index is 12.7. The van der Waals surface area contributed by atoms with Crippen LogP contribution < -0.4 is 4.72 Å². The molecule has 0 radical (unpaired) electrons. The van der Waals surface area contributed by atoms with E-state index in [2.05, 4.69) is 15.0 Å². The first-order chi connectivity index (χ1) is 15.3. The predicted octanol–water partition coefficient (Wildman–Crippen LogP) is 1.97. The van der Waals surface area contributed by atoms with Crippen LogP contribution >= 0.6 is 11.6 Å². The normalized spacial score (nSPS) is 25.8. The number of aromatic nitrogens is 3. The zero-order chi connectivity index (χ0) is 22.8. The molecule has 1 saturated heterocycles. The van der Waals surface area contributed by atoms with Gasteiger partial charge in [-0.25, -0.2) is 13.1 Å². The molecular formula is C21H29ClN4O5S. The summed E-state index contributed by atoms with van der Waals surface area (Å²) in [6.45, 7) is 0.276. The lowest BCUT2D eigenvalue weighted by Gasteiger charge is -2.36. The summed E-state index contributed by atoms with van der Waals surface area (Å²) in [5, 5.41) is 29.2. The Bertz CT molecular complexity index is 1010. The van der Waals surface area contributed by atoms with Crippen molar-refractivity contribution in [3.05, 3.63) is 41.2 Å². The van der Waals surface area contributed by atoms with E-state index < -0.39 is 27.8 Å². The second-order valence-electron chi connectivity index (χ2n) is 8.63. The van der Waals surface area contributed by atoms with Crippen molar-refractivity contribution in [3.63, 3.8) is 0 Å². The number of hydrogen-bond acceptors (Lipinski definition) is 7. The SMILES string of the molecule is O=S(=O)(N[C@H]1CC[C@@H](CCn2cc(C3(O)CCCC3)nn2)O[C@H]1CO)c1ccc(Cl)cc1. The van der Waals surface area contributed by atoms with Crippen LogP contribution in [0.15, 0.2) is 35.4 Å². The second kappa shape index (κ2) is 9.74. The Kier molecular flexibility index (Phi) is 7.18. The molecular weight excluding hydrogens is 456 g/mol. The molecule has 32 heavy (non-hydrogen) atoms. The molecule has 1 aliphatic carbocycles. The number of nitrogens with zero attached hydrogens (tertiary/aromatic N) is 3. The zero-order valence-corrected chi connectivity index (χ0v) is 19.3. The van der Waals surface area contributed by atoms with Gasteiger partial charge in [0, 0.05) is 11.6 Å². The number of benzene rings is 1. The van der Waals surface area contributed by atoms with Crippen molar-refractivity contribution >= 4 is 21.6 Å². The largest absolute Gasteiger partial charge is 0.394 e. The lowest BCUT2D eigenvalue weighted by Crippen LogP contribution is -2.50. The van der Waals surface area contributed by atoms with Gasteiger partial charge < -0.3 is 14.9 Å². The molecule has 2 aliphatic rings. The Hall–Kier alpha value is -1.56. The van der Waals surface area contributed by atoms with Crippen LogP contribution in [0.2, 0.25) is 5.02 Å². The van der Waals surface area contributed by atoms with Gasteiger partial charge >= 0.3 is 0 Å². The minimum atomic E-state index is -3.75. The van der Waals surface area contributed by atoms with Crippen molar-refractivity contribution in [2.75, 3.05) is 6.61 Å². The number of aliphatic hydroxyl groups is 2. The van der Waals surface area contributed by atoms with Gasteiger partial charge in [-0.3, -0.25) is 4.68 Å². The van der Waals surface area contributed by atoms with Gasteiger partial charge in [-0.15, -0.1) is 5.10 Å². The molecule has 11 heteroatoms. The van der Waals surface area contributed by atoms with E-state index in [1.165, 1.54) is 24.3 Å². The van der Waals surface area contributed by atoms with Crippen molar-refractivity contribution in [1.82, 2.24) is 19.7 Å². The third-order valence-corrected chi connectivity index (χ3v) is 8.11. The molecule has 0 unspecified atom stereocenters. The van der Waals surface area contributed by atoms with Crippen LogP contribution in [0.1, 0.15) is 50.6 Å². The number of aliphatic hydroxyl groups excluding tert-OH is 1. The Labute approximate surface area is 192 Å². The topological polar surface area (TPSA) is 127 Å². The quantitative estimate of drug-likeness (QED) is 0.522. The van der Waals surface area contributed by atoms with Crippen molar-refractivity contribution in [3.8, 4) is 0 Å². The van der Waals surface area contributed by atoms with E-state index in [4.69, 9.17) is 16.3 Å². The van der Waals surface area contributed by atoms with Crippen molar-refractivity contribution in [2.24, 2.45) is 0 Å². The standard InChI is InChI=1S/C21H29ClN4O5S/c22-15-3-6-17(7-4-15)32(29,30)24-18-8-5-16(31-19(18)14-27)9-12-26-13-20(23-25-26)21(28)10-1-2-11-21/h3-4,6-7,13,16,18-19,24,27-28H,1-2,5,8-12,14H2/t16-,18-,19-/m0/s1. The molecule has 3 atom stereocenters. The Morgan fingerprint density at radius 3 is 2.62 bits per heavy atom. The first-order valence-electron chi connectivity index (χ1n) is 11.0. The van der Waals surface area contributed by atoms with Gasteiger partial charge in [0.2, 0.25) is 10.0 Å². The summed E-state index contributed by atoms with van der Waals surface area (Å²) in [7, 11) is -3.75. The molecule has 2 aromatic rings. The fraction of sp³-hybridized carbons (Fsp3) is 0.619. The molecule has 3 N–H and O–H groups in total. The summed E-state index contributed by atoms with van der Waals surface area (Å²) in [5.74, 6) is 0. The molecule has 2 heterocycles. The summed E-state index contributed by atoms with van der Waals surface area (Å²) in [6, 6.07) is 5.41. The maximum atomic E-state index is 12.7. The first-order valence-corrected chi connectivity index (χ1v) is 12.8. The maximum Gasteiger partial charge on any atom is 0.240 e. The minimum absolute atomic E-state index is 0.117. The summed E-state index contributed by atoms with van der Waals surface area (Å²) >= 11 is 5.84. The highest BCUT2D eigenvalue weighted by molar-refractivity contribution is 7.89. The highest BCUT2D eigenvalue weighted by Gasteiger charge is 2.36. The van der Waals surface area contributed by atoms with Crippen LogP contribution in [0.25, 0.3) is 0 Å². The van der Waals surface area contributed by atoms with Gasteiger partial charge in [0.1, 0.15) is 11.3 Å². The molecule has 176 valence electrons. The molecule has 0 spiro atoms. The number of rotatable bonds is 8. The lowest BCUT2D eigenvalue weighted by atomic mass is 9.98. The molecule has 1 aliphatic heterocycles. The number of halogens is 1. The Morgan fingerprint density at radius 2 is 1.94 bits per heavy atom. The summed E-state index contributed by atoms with van der Waals surface area (Å²) in [6.07, 6.45) is 6.27. The third kappa shape index (κ3) is 5.32. The number of aryl methyl sites for hydroxylation is 1. The summed E-state index contributed by atoms with van der Waals surface area (Å²) in [4.78, 5) is 0.117. The Morgan fingerprint density at radius 1 is 1.22 bits per heavy atom. The van der Waals surface area contributed by atoms with Gasteiger partial charge in [-0.2, -0.15) is 0 Å². The molecule has 0 amide bonds. The van der Waals surface area contributed by atoms with E-state index >= 15 is 0 Å². The molecule has 1 saturated carbocycles. The van der Waals surface area contributed by atoms with Crippen LogP contribution in [0.4, 0.5) is 0 Å². The number of hydrogen-bond donors (Lipinski definition) is 3. The number of nitrogens with one attached hydrogen (secondary N) is 1. The van der Waals surface area contributed by atoms with Crippen molar-refractivity contribution in [2.45, 2.75) is 80.2 Å². The third-order valence-electron chi connectivity index (χ3n) is 6.35. The highest BCUT2D eigenvalue weighted by Crippen LogP contribution is 2.37. The van der Waals surface area contributed by atoms with Crippen LogP contribution in [0, 0.1) is 0 Å². The molecule has 0 bridgehead atoms. The smallest absolute Gasteiger partial charge is 0.240 e. The fourth-order valence-electron chi connectivity index (χ4n) is 4.47. The number of ether oxygens (including phenoxy) is 1. The van der Waals surface area contributed by atoms with Crippen molar-refractivity contribution in [1.29, 1.82) is 0 Å². The molecule has 4 rings (SSSR count). The summed E-state index contributed by atoms with van der Waals surface area (Å²) in [5.41, 5.74) is -0.250. The highest BCUT2D eigenvalue weighted by atomic mass is 35.5. The summed E-state index contributed by atoms with van der Waals surface area (Å²) < 4.78 is 35.7. The van der Waals surface area contributed by atoms with Crippen LogP contribution in [0.5, 0.6) is 0 Å². The van der Waals surface area contributed by atoms with Gasteiger partial charge in [0.15, 0.2) is 0 Å². The van der Waals surface area contributed by atoms with Gasteiger partial charge in [0.05, 0.1) is 35.9 Å². The minimum Gasteiger partial charge on any atom is -0.394 e. The van der Waals surface area contributed by atoms with E-state index in [9.17, 15) is 18.6 Å². The van der Waals surface area contributed by atoms with Crippen molar-refractivity contribution < 1.29 is 23.4 Å². The molecule has 1 aromatic carbocycles. The average molecular weight is 485 g/mol. The molecule has 9 nitrogen and oxygen atoms in total. The molecule has 2 fully saturated rings. The van der Waals surface area contributed by atoms with Gasteiger partial charge in [-0.05, 0) is 56.4 Å². The van der Waals surface area contributed by atoms with Crippen LogP contribution in [0.3, 0.4) is 0 Å². The van der Waals surface area contributed by atoms with Crippen LogP contribution in [-0.4, -0.2) is 58.5 Å². The Balaban J connectivity index is 1.32. The average Bonchev–Trinajstić information content (AvgIpc) is 3.43. The second-order valence-corrected chi connectivity index (χ2v) is 10.8. The van der Waals surface area contributed by atoms with Gasteiger partial charge in [0.25, 0.3) is 0 Å². The monoisotopic (exact) mass is 484 g/mol. The van der Waals surface area contributed by atoms with E-state index in [0.29, 0.717) is 49.4 Å². The fourth-order valence-corrected chi connectivity index (χ4v) is 5.90. The van der Waals surface area contributed by atoms with E-state index in [0.717, 1.165) is 12.8 Å². The van der Waals surface area contributed by atoms with E-state index in [1.807, 2.05) is 0 Å².